The van der Waals surface area contributed by atoms with E-state index < -0.39 is 11.7 Å². The van der Waals surface area contributed by atoms with E-state index >= 15 is 0 Å². The minimum absolute atomic E-state index is 0.143. The van der Waals surface area contributed by atoms with Crippen molar-refractivity contribution in [3.05, 3.63) is 78.2 Å². The van der Waals surface area contributed by atoms with Crippen molar-refractivity contribution in [2.75, 3.05) is 18.0 Å². The van der Waals surface area contributed by atoms with Gasteiger partial charge in [0.15, 0.2) is 0 Å². The Balaban J connectivity index is 1.37. The predicted octanol–water partition coefficient (Wildman–Crippen LogP) is 5.56. The molecule has 29 heavy (non-hydrogen) atoms. The third-order valence-corrected chi connectivity index (χ3v) is 4.91. The molecule has 1 aliphatic heterocycles. The molecule has 150 valence electrons. The lowest BCUT2D eigenvalue weighted by molar-refractivity contribution is -0.137. The zero-order valence-corrected chi connectivity index (χ0v) is 15.4. The second kappa shape index (κ2) is 7.73. The van der Waals surface area contributed by atoms with E-state index in [0.29, 0.717) is 6.54 Å². The summed E-state index contributed by atoms with van der Waals surface area (Å²) < 4.78 is 56.6. The maximum atomic E-state index is 13.1. The van der Waals surface area contributed by atoms with Gasteiger partial charge in [-0.2, -0.15) is 13.2 Å². The van der Waals surface area contributed by atoms with Crippen LogP contribution in [0.4, 0.5) is 23.2 Å². The maximum Gasteiger partial charge on any atom is 0.417 e. The SMILES string of the molecule is Fc1ccc(-c2ccc(N3CC[C@H](Oc4ccc(C(F)(F)F)cn4)C3)cc2)cc1. The van der Waals surface area contributed by atoms with Gasteiger partial charge in [-0.3, -0.25) is 0 Å². The molecule has 0 radical (unpaired) electrons. The first kappa shape index (κ1) is 19.2. The molecular formula is C22H18F4N2O. The number of halogens is 4. The van der Waals surface area contributed by atoms with E-state index in [4.69, 9.17) is 4.74 Å². The van der Waals surface area contributed by atoms with E-state index in [0.717, 1.165) is 42.0 Å². The highest BCUT2D eigenvalue weighted by molar-refractivity contribution is 5.66. The second-order valence-electron chi connectivity index (χ2n) is 6.91. The first-order chi connectivity index (χ1) is 13.9. The van der Waals surface area contributed by atoms with Crippen LogP contribution in [0.2, 0.25) is 0 Å². The van der Waals surface area contributed by atoms with Crippen LogP contribution >= 0.6 is 0 Å². The smallest absolute Gasteiger partial charge is 0.417 e. The quantitative estimate of drug-likeness (QED) is 0.534. The van der Waals surface area contributed by atoms with Gasteiger partial charge in [0.25, 0.3) is 0 Å². The van der Waals surface area contributed by atoms with Crippen LogP contribution in [0.5, 0.6) is 5.88 Å². The number of ether oxygens (including phenoxy) is 1. The third-order valence-electron chi connectivity index (χ3n) is 4.91. The summed E-state index contributed by atoms with van der Waals surface area (Å²) >= 11 is 0. The second-order valence-corrected chi connectivity index (χ2v) is 6.91. The van der Waals surface area contributed by atoms with E-state index in [2.05, 4.69) is 9.88 Å². The van der Waals surface area contributed by atoms with Crippen molar-refractivity contribution in [1.82, 2.24) is 4.98 Å². The molecule has 0 bridgehead atoms. The number of benzene rings is 2. The largest absolute Gasteiger partial charge is 0.472 e. The fourth-order valence-corrected chi connectivity index (χ4v) is 3.35. The molecule has 0 aliphatic carbocycles. The molecule has 0 N–H and O–H groups in total. The number of alkyl halides is 3. The van der Waals surface area contributed by atoms with Gasteiger partial charge in [-0.05, 0) is 41.5 Å². The van der Waals surface area contributed by atoms with Gasteiger partial charge < -0.3 is 9.64 Å². The molecule has 4 rings (SSSR count). The Bertz CT molecular complexity index is 954. The molecule has 1 aromatic heterocycles. The zero-order chi connectivity index (χ0) is 20.4. The van der Waals surface area contributed by atoms with Crippen LogP contribution < -0.4 is 9.64 Å². The summed E-state index contributed by atoms with van der Waals surface area (Å²) in [7, 11) is 0. The Kier molecular flexibility index (Phi) is 5.13. The summed E-state index contributed by atoms with van der Waals surface area (Å²) in [6.07, 6.45) is -3.01. The highest BCUT2D eigenvalue weighted by atomic mass is 19.4. The highest BCUT2D eigenvalue weighted by Gasteiger charge is 2.31. The third kappa shape index (κ3) is 4.50. The van der Waals surface area contributed by atoms with Crippen molar-refractivity contribution >= 4 is 5.69 Å². The van der Waals surface area contributed by atoms with Crippen molar-refractivity contribution in [3.8, 4) is 17.0 Å². The maximum absolute atomic E-state index is 13.1. The lowest BCUT2D eigenvalue weighted by Crippen LogP contribution is -2.24. The van der Waals surface area contributed by atoms with Gasteiger partial charge in [-0.25, -0.2) is 9.37 Å². The lowest BCUT2D eigenvalue weighted by atomic mass is 10.1. The molecule has 1 saturated heterocycles. The molecule has 0 unspecified atom stereocenters. The molecule has 3 nitrogen and oxygen atoms in total. The van der Waals surface area contributed by atoms with Crippen LogP contribution in [0.1, 0.15) is 12.0 Å². The van der Waals surface area contributed by atoms with Gasteiger partial charge in [-0.1, -0.05) is 24.3 Å². The molecule has 1 aliphatic rings. The number of nitrogens with zero attached hydrogens (tertiary/aromatic N) is 2. The van der Waals surface area contributed by atoms with Crippen LogP contribution in [0.25, 0.3) is 11.1 Å². The summed E-state index contributed by atoms with van der Waals surface area (Å²) in [5, 5.41) is 0. The summed E-state index contributed by atoms with van der Waals surface area (Å²) in [6, 6.07) is 16.5. The molecule has 1 atom stereocenters. The monoisotopic (exact) mass is 402 g/mol. The minimum Gasteiger partial charge on any atom is -0.472 e. The molecule has 0 spiro atoms. The Labute approximate surface area is 165 Å². The van der Waals surface area contributed by atoms with Crippen molar-refractivity contribution < 1.29 is 22.3 Å². The van der Waals surface area contributed by atoms with Crippen LogP contribution in [0.3, 0.4) is 0 Å². The normalized spacial score (nSPS) is 16.8. The number of anilines is 1. The number of hydrogen-bond acceptors (Lipinski definition) is 3. The molecule has 1 fully saturated rings. The fourth-order valence-electron chi connectivity index (χ4n) is 3.35. The van der Waals surface area contributed by atoms with E-state index in [1.165, 1.54) is 18.2 Å². The number of pyridine rings is 1. The molecule has 2 heterocycles. The van der Waals surface area contributed by atoms with Crippen molar-refractivity contribution in [2.24, 2.45) is 0 Å². The Morgan fingerprint density at radius 3 is 2.14 bits per heavy atom. The average Bonchev–Trinajstić information content (AvgIpc) is 3.17. The van der Waals surface area contributed by atoms with Gasteiger partial charge in [-0.15, -0.1) is 0 Å². The van der Waals surface area contributed by atoms with Crippen molar-refractivity contribution in [3.63, 3.8) is 0 Å². The Morgan fingerprint density at radius 1 is 0.897 bits per heavy atom. The van der Waals surface area contributed by atoms with E-state index in [-0.39, 0.29) is 17.8 Å². The minimum atomic E-state index is -4.41. The molecular weight excluding hydrogens is 384 g/mol. The topological polar surface area (TPSA) is 25.4 Å². The van der Waals surface area contributed by atoms with Crippen molar-refractivity contribution in [1.29, 1.82) is 0 Å². The summed E-state index contributed by atoms with van der Waals surface area (Å²) in [6.45, 7) is 1.40. The highest BCUT2D eigenvalue weighted by Crippen LogP contribution is 2.30. The van der Waals surface area contributed by atoms with Gasteiger partial charge in [0.1, 0.15) is 11.9 Å². The first-order valence-corrected chi connectivity index (χ1v) is 9.19. The zero-order valence-electron chi connectivity index (χ0n) is 15.4. The number of hydrogen-bond donors (Lipinski definition) is 0. The molecule has 7 heteroatoms. The van der Waals surface area contributed by atoms with Crippen molar-refractivity contribution in [2.45, 2.75) is 18.7 Å². The van der Waals surface area contributed by atoms with Gasteiger partial charge in [0, 0.05) is 30.9 Å². The van der Waals surface area contributed by atoms with Crippen LogP contribution in [-0.4, -0.2) is 24.2 Å². The first-order valence-electron chi connectivity index (χ1n) is 9.19. The van der Waals surface area contributed by atoms with E-state index in [9.17, 15) is 17.6 Å². The molecule has 3 aromatic rings. The van der Waals surface area contributed by atoms with E-state index in [1.54, 1.807) is 12.1 Å². The van der Waals surface area contributed by atoms with Gasteiger partial charge in [0.05, 0.1) is 12.1 Å². The standard InChI is InChI=1S/C22H18F4N2O/c23-18-6-1-15(2-7-18)16-3-8-19(9-4-16)28-12-11-20(14-28)29-21-10-5-17(13-27-21)22(24,25)26/h1-10,13,20H,11-12,14H2/t20-/m0/s1. The molecule has 0 saturated carbocycles. The summed E-state index contributed by atoms with van der Waals surface area (Å²) in [5.41, 5.74) is 2.17. The number of aromatic nitrogens is 1. The average molecular weight is 402 g/mol. The summed E-state index contributed by atoms with van der Waals surface area (Å²) in [5.74, 6) is -0.0764. The van der Waals surface area contributed by atoms with Crippen LogP contribution in [-0.2, 0) is 6.18 Å². The fraction of sp³-hybridized carbons (Fsp3) is 0.227. The molecule has 0 amide bonds. The van der Waals surface area contributed by atoms with Crippen LogP contribution in [0, 0.1) is 5.82 Å². The summed E-state index contributed by atoms with van der Waals surface area (Å²) in [4.78, 5) is 5.93. The Morgan fingerprint density at radius 2 is 1.55 bits per heavy atom. The Hall–Kier alpha value is -3.09. The lowest BCUT2D eigenvalue weighted by Gasteiger charge is -2.19. The van der Waals surface area contributed by atoms with Gasteiger partial charge >= 0.3 is 6.18 Å². The van der Waals surface area contributed by atoms with Crippen LogP contribution in [0.15, 0.2) is 66.9 Å². The molecule has 2 aromatic carbocycles. The number of rotatable bonds is 4. The van der Waals surface area contributed by atoms with Gasteiger partial charge in [0.2, 0.25) is 5.88 Å². The predicted molar refractivity (Wildman–Crippen MR) is 102 cm³/mol. The van der Waals surface area contributed by atoms with E-state index in [1.807, 2.05) is 24.3 Å².